The molecule has 0 unspecified atom stereocenters. The van der Waals surface area contributed by atoms with E-state index in [1.54, 1.807) is 7.11 Å². The molecule has 2 heterocycles. The highest BCUT2D eigenvalue weighted by atomic mass is 16.5. The second-order valence-corrected chi connectivity index (χ2v) is 6.81. The molecule has 5 nitrogen and oxygen atoms in total. The molecule has 24 heavy (non-hydrogen) atoms. The molecule has 0 spiro atoms. The van der Waals surface area contributed by atoms with Gasteiger partial charge in [-0.05, 0) is 30.5 Å². The van der Waals surface area contributed by atoms with Crippen LogP contribution in [0.25, 0.3) is 0 Å². The number of morpholine rings is 1. The first-order chi connectivity index (χ1) is 11.7. The maximum atomic E-state index is 5.70. The SMILES string of the molecule is CCOc1cc(CN2C[C@@H](N3CCOCC3)[C@@H](C)C2)ccc1OC. The fourth-order valence-electron chi connectivity index (χ4n) is 3.91. The van der Waals surface area contributed by atoms with Gasteiger partial charge in [-0.2, -0.15) is 0 Å². The molecule has 2 aliphatic heterocycles. The van der Waals surface area contributed by atoms with Crippen molar-refractivity contribution in [3.63, 3.8) is 0 Å². The molecular formula is C19H30N2O3. The van der Waals surface area contributed by atoms with Crippen LogP contribution in [0.3, 0.4) is 0 Å². The van der Waals surface area contributed by atoms with Crippen LogP contribution in [0, 0.1) is 5.92 Å². The average molecular weight is 334 g/mol. The molecule has 1 aromatic carbocycles. The van der Waals surface area contributed by atoms with Gasteiger partial charge in [-0.1, -0.05) is 13.0 Å². The predicted octanol–water partition coefficient (Wildman–Crippen LogP) is 2.25. The largest absolute Gasteiger partial charge is 0.493 e. The summed E-state index contributed by atoms with van der Waals surface area (Å²) in [6, 6.07) is 6.93. The van der Waals surface area contributed by atoms with Gasteiger partial charge in [0, 0.05) is 38.8 Å². The number of methoxy groups -OCH3 is 1. The zero-order chi connectivity index (χ0) is 16.9. The highest BCUT2D eigenvalue weighted by molar-refractivity contribution is 5.43. The van der Waals surface area contributed by atoms with Gasteiger partial charge in [-0.15, -0.1) is 0 Å². The molecule has 134 valence electrons. The van der Waals surface area contributed by atoms with Gasteiger partial charge in [-0.3, -0.25) is 9.80 Å². The monoisotopic (exact) mass is 334 g/mol. The molecule has 0 aliphatic carbocycles. The first-order valence-electron chi connectivity index (χ1n) is 9.05. The Kier molecular flexibility index (Phi) is 5.98. The quantitative estimate of drug-likeness (QED) is 0.797. The van der Waals surface area contributed by atoms with Crippen molar-refractivity contribution in [1.29, 1.82) is 0 Å². The molecule has 2 fully saturated rings. The molecule has 3 rings (SSSR count). The van der Waals surface area contributed by atoms with Gasteiger partial charge in [0.1, 0.15) is 0 Å². The Morgan fingerprint density at radius 1 is 1.17 bits per heavy atom. The van der Waals surface area contributed by atoms with Crippen LogP contribution < -0.4 is 9.47 Å². The molecule has 2 atom stereocenters. The Balaban J connectivity index is 1.63. The normalized spacial score (nSPS) is 25.8. The van der Waals surface area contributed by atoms with E-state index in [9.17, 15) is 0 Å². The van der Waals surface area contributed by atoms with Crippen molar-refractivity contribution in [2.24, 2.45) is 5.92 Å². The number of likely N-dealkylation sites (tertiary alicyclic amines) is 1. The van der Waals surface area contributed by atoms with Crippen LogP contribution in [-0.2, 0) is 11.3 Å². The van der Waals surface area contributed by atoms with E-state index in [-0.39, 0.29) is 0 Å². The molecule has 0 N–H and O–H groups in total. The summed E-state index contributed by atoms with van der Waals surface area (Å²) in [7, 11) is 1.69. The van der Waals surface area contributed by atoms with Crippen LogP contribution in [-0.4, -0.2) is 69.0 Å². The maximum absolute atomic E-state index is 5.70. The Hall–Kier alpha value is -1.30. The molecule has 2 saturated heterocycles. The molecule has 0 radical (unpaired) electrons. The van der Waals surface area contributed by atoms with Gasteiger partial charge in [0.25, 0.3) is 0 Å². The molecule has 0 saturated carbocycles. The first kappa shape index (κ1) is 17.5. The molecule has 0 amide bonds. The van der Waals surface area contributed by atoms with E-state index < -0.39 is 0 Å². The van der Waals surface area contributed by atoms with Crippen LogP contribution in [0.4, 0.5) is 0 Å². The van der Waals surface area contributed by atoms with Gasteiger partial charge >= 0.3 is 0 Å². The van der Waals surface area contributed by atoms with E-state index in [1.807, 2.05) is 13.0 Å². The Labute approximate surface area is 145 Å². The summed E-state index contributed by atoms with van der Waals surface area (Å²) in [5, 5.41) is 0. The smallest absolute Gasteiger partial charge is 0.161 e. The van der Waals surface area contributed by atoms with E-state index in [2.05, 4.69) is 28.9 Å². The third kappa shape index (κ3) is 4.02. The van der Waals surface area contributed by atoms with Crippen LogP contribution in [0.1, 0.15) is 19.4 Å². The second kappa shape index (κ2) is 8.19. The van der Waals surface area contributed by atoms with Crippen molar-refractivity contribution in [2.75, 3.05) is 53.1 Å². The first-order valence-corrected chi connectivity index (χ1v) is 9.05. The van der Waals surface area contributed by atoms with Crippen LogP contribution in [0.15, 0.2) is 18.2 Å². The number of ether oxygens (including phenoxy) is 3. The molecule has 1 aromatic rings. The lowest BCUT2D eigenvalue weighted by atomic mass is 10.0. The minimum Gasteiger partial charge on any atom is -0.493 e. The minimum absolute atomic E-state index is 0.651. The molecule has 2 aliphatic rings. The summed E-state index contributed by atoms with van der Waals surface area (Å²) in [6.07, 6.45) is 0. The minimum atomic E-state index is 0.651. The zero-order valence-corrected chi connectivity index (χ0v) is 15.2. The van der Waals surface area contributed by atoms with E-state index in [1.165, 1.54) is 5.56 Å². The third-order valence-electron chi connectivity index (χ3n) is 5.10. The Morgan fingerprint density at radius 2 is 1.96 bits per heavy atom. The average Bonchev–Trinajstić information content (AvgIpc) is 2.96. The topological polar surface area (TPSA) is 34.2 Å². The fraction of sp³-hybridized carbons (Fsp3) is 0.684. The van der Waals surface area contributed by atoms with Crippen molar-refractivity contribution >= 4 is 0 Å². The van der Waals surface area contributed by atoms with E-state index >= 15 is 0 Å². The highest BCUT2D eigenvalue weighted by Gasteiger charge is 2.34. The highest BCUT2D eigenvalue weighted by Crippen LogP contribution is 2.30. The van der Waals surface area contributed by atoms with Crippen molar-refractivity contribution in [3.05, 3.63) is 23.8 Å². The van der Waals surface area contributed by atoms with Crippen LogP contribution in [0.5, 0.6) is 11.5 Å². The summed E-state index contributed by atoms with van der Waals surface area (Å²) < 4.78 is 16.6. The standard InChI is InChI=1S/C19H30N2O3/c1-4-24-19-11-16(5-6-18(19)22-3)13-20-12-15(2)17(14-20)21-7-9-23-10-8-21/h5-6,11,15,17H,4,7-10,12-14H2,1-3H3/t15-,17+/m0/s1. The molecule has 5 heteroatoms. The number of hydrogen-bond donors (Lipinski definition) is 0. The molecule has 0 bridgehead atoms. The number of benzene rings is 1. The van der Waals surface area contributed by atoms with E-state index in [0.717, 1.165) is 57.4 Å². The summed E-state index contributed by atoms with van der Waals surface area (Å²) in [5.41, 5.74) is 1.29. The van der Waals surface area contributed by atoms with E-state index in [0.29, 0.717) is 18.6 Å². The van der Waals surface area contributed by atoms with Crippen molar-refractivity contribution in [3.8, 4) is 11.5 Å². The third-order valence-corrected chi connectivity index (χ3v) is 5.10. The summed E-state index contributed by atoms with van der Waals surface area (Å²) in [4.78, 5) is 5.16. The lowest BCUT2D eigenvalue weighted by Crippen LogP contribution is -2.46. The van der Waals surface area contributed by atoms with Crippen molar-refractivity contribution < 1.29 is 14.2 Å². The number of nitrogens with zero attached hydrogens (tertiary/aromatic N) is 2. The number of hydrogen-bond acceptors (Lipinski definition) is 5. The van der Waals surface area contributed by atoms with Gasteiger partial charge in [-0.25, -0.2) is 0 Å². The van der Waals surface area contributed by atoms with Crippen LogP contribution >= 0.6 is 0 Å². The van der Waals surface area contributed by atoms with Gasteiger partial charge in [0.05, 0.1) is 26.9 Å². The van der Waals surface area contributed by atoms with Crippen molar-refractivity contribution in [2.45, 2.75) is 26.4 Å². The van der Waals surface area contributed by atoms with Gasteiger partial charge in [0.15, 0.2) is 11.5 Å². The Bertz CT molecular complexity index is 531. The maximum Gasteiger partial charge on any atom is 0.161 e. The number of rotatable bonds is 6. The lowest BCUT2D eigenvalue weighted by molar-refractivity contribution is 0.0118. The van der Waals surface area contributed by atoms with Crippen molar-refractivity contribution in [1.82, 2.24) is 9.80 Å². The summed E-state index contributed by atoms with van der Waals surface area (Å²) in [6.45, 7) is 12.2. The molecular weight excluding hydrogens is 304 g/mol. The van der Waals surface area contributed by atoms with Crippen LogP contribution in [0.2, 0.25) is 0 Å². The summed E-state index contributed by atoms with van der Waals surface area (Å²) >= 11 is 0. The zero-order valence-electron chi connectivity index (χ0n) is 15.2. The predicted molar refractivity (Wildman–Crippen MR) is 94.8 cm³/mol. The van der Waals surface area contributed by atoms with E-state index in [4.69, 9.17) is 14.2 Å². The second-order valence-electron chi connectivity index (χ2n) is 6.81. The summed E-state index contributed by atoms with van der Waals surface area (Å²) in [5.74, 6) is 2.35. The lowest BCUT2D eigenvalue weighted by Gasteiger charge is -2.34. The fourth-order valence-corrected chi connectivity index (χ4v) is 3.91. The van der Waals surface area contributed by atoms with Gasteiger partial charge in [0.2, 0.25) is 0 Å². The van der Waals surface area contributed by atoms with Gasteiger partial charge < -0.3 is 14.2 Å². The Morgan fingerprint density at radius 3 is 2.67 bits per heavy atom. The molecule has 0 aromatic heterocycles.